The summed E-state index contributed by atoms with van der Waals surface area (Å²) >= 11 is 5.12. The molecule has 0 amide bonds. The number of nitrogens with zero attached hydrogens (tertiary/aromatic N) is 1. The third kappa shape index (κ3) is 3.52. The summed E-state index contributed by atoms with van der Waals surface area (Å²) in [6.45, 7) is 0.524. The molecule has 1 aliphatic heterocycles. The van der Waals surface area contributed by atoms with Crippen molar-refractivity contribution < 1.29 is 13.2 Å². The minimum Gasteiger partial charge on any atom is -0.293 e. The number of benzene rings is 1. The van der Waals surface area contributed by atoms with Crippen LogP contribution in [0, 0.1) is 0 Å². The SMILES string of the molecule is O=C(CS)c1ccc(NS(=O)(=O)C2=NCCS2)cc1. The first-order valence-electron chi connectivity index (χ1n) is 5.47. The number of rotatable bonds is 4. The highest BCUT2D eigenvalue weighted by Gasteiger charge is 2.23. The molecule has 1 N–H and O–H groups in total. The van der Waals surface area contributed by atoms with Crippen molar-refractivity contribution in [1.82, 2.24) is 0 Å². The summed E-state index contributed by atoms with van der Waals surface area (Å²) in [4.78, 5) is 15.3. The number of hydrogen-bond acceptors (Lipinski definition) is 6. The molecule has 8 heteroatoms. The smallest absolute Gasteiger partial charge is 0.285 e. The molecule has 1 aromatic rings. The zero-order valence-corrected chi connectivity index (χ0v) is 12.4. The van der Waals surface area contributed by atoms with Crippen LogP contribution in [0.3, 0.4) is 0 Å². The van der Waals surface area contributed by atoms with Gasteiger partial charge in [0.1, 0.15) is 0 Å². The molecule has 0 atom stereocenters. The van der Waals surface area contributed by atoms with E-state index in [0.717, 1.165) is 0 Å². The Morgan fingerprint density at radius 3 is 2.58 bits per heavy atom. The zero-order valence-electron chi connectivity index (χ0n) is 9.87. The van der Waals surface area contributed by atoms with E-state index in [-0.39, 0.29) is 15.9 Å². The van der Waals surface area contributed by atoms with Crippen LogP contribution in [-0.4, -0.2) is 36.6 Å². The first-order chi connectivity index (χ1) is 9.03. The summed E-state index contributed by atoms with van der Waals surface area (Å²) < 4.78 is 26.4. The van der Waals surface area contributed by atoms with Gasteiger partial charge in [0.05, 0.1) is 12.3 Å². The number of thioether (sulfide) groups is 1. The summed E-state index contributed by atoms with van der Waals surface area (Å²) in [7, 11) is -3.59. The lowest BCUT2D eigenvalue weighted by atomic mass is 10.1. The molecule has 0 aromatic heterocycles. The van der Waals surface area contributed by atoms with Gasteiger partial charge in [0.2, 0.25) is 4.38 Å². The molecule has 0 aliphatic carbocycles. The van der Waals surface area contributed by atoms with Gasteiger partial charge in [0, 0.05) is 17.0 Å². The predicted octanol–water partition coefficient (Wildman–Crippen LogP) is 1.64. The Labute approximate surface area is 121 Å². The quantitative estimate of drug-likeness (QED) is 0.654. The Balaban J connectivity index is 2.13. The third-order valence-electron chi connectivity index (χ3n) is 2.39. The Kier molecular flexibility index (Phi) is 4.54. The maximum absolute atomic E-state index is 11.9. The maximum Gasteiger partial charge on any atom is 0.285 e. The molecule has 0 saturated heterocycles. The normalized spacial score (nSPS) is 15.1. The second-order valence-electron chi connectivity index (χ2n) is 3.76. The summed E-state index contributed by atoms with van der Waals surface area (Å²) in [5.74, 6) is 0.706. The molecule has 0 spiro atoms. The zero-order chi connectivity index (χ0) is 13.9. The molecule has 0 unspecified atom stereocenters. The van der Waals surface area contributed by atoms with Gasteiger partial charge < -0.3 is 0 Å². The van der Waals surface area contributed by atoms with E-state index in [1.807, 2.05) is 0 Å². The molecule has 0 radical (unpaired) electrons. The second-order valence-corrected chi connectivity index (χ2v) is 7.02. The van der Waals surface area contributed by atoms with Crippen molar-refractivity contribution >= 4 is 50.3 Å². The minimum absolute atomic E-state index is 0.103. The summed E-state index contributed by atoms with van der Waals surface area (Å²) in [5.41, 5.74) is 0.913. The van der Waals surface area contributed by atoms with Gasteiger partial charge in [0.25, 0.3) is 10.0 Å². The molecule has 0 bridgehead atoms. The maximum atomic E-state index is 11.9. The first-order valence-corrected chi connectivity index (χ1v) is 8.57. The molecule has 102 valence electrons. The van der Waals surface area contributed by atoms with Crippen LogP contribution in [0.5, 0.6) is 0 Å². The number of ketones is 1. The Morgan fingerprint density at radius 2 is 2.05 bits per heavy atom. The van der Waals surface area contributed by atoms with E-state index in [1.165, 1.54) is 11.8 Å². The number of thiol groups is 1. The number of anilines is 1. The number of Topliss-reactive ketones (excluding diaryl/α,β-unsaturated/α-hetero) is 1. The second kappa shape index (κ2) is 5.98. The van der Waals surface area contributed by atoms with Crippen molar-refractivity contribution in [3.05, 3.63) is 29.8 Å². The summed E-state index contributed by atoms with van der Waals surface area (Å²) in [5, 5.41) is 0. The Hall–Kier alpha value is -0.990. The van der Waals surface area contributed by atoms with Crippen LogP contribution in [0.15, 0.2) is 29.3 Å². The molecular formula is C11H12N2O3S3. The van der Waals surface area contributed by atoms with Crippen molar-refractivity contribution in [1.29, 1.82) is 0 Å². The average molecular weight is 316 g/mol. The van der Waals surface area contributed by atoms with Gasteiger partial charge in [0.15, 0.2) is 5.78 Å². The number of sulfonamides is 1. The van der Waals surface area contributed by atoms with Crippen molar-refractivity contribution in [2.45, 2.75) is 0 Å². The van der Waals surface area contributed by atoms with Crippen LogP contribution in [0.4, 0.5) is 5.69 Å². The molecule has 0 saturated carbocycles. The lowest BCUT2D eigenvalue weighted by Crippen LogP contribution is -2.19. The fourth-order valence-electron chi connectivity index (χ4n) is 1.49. The van der Waals surface area contributed by atoms with Gasteiger partial charge >= 0.3 is 0 Å². The van der Waals surface area contributed by atoms with Gasteiger partial charge in [-0.2, -0.15) is 21.0 Å². The van der Waals surface area contributed by atoms with Crippen molar-refractivity contribution in [3.63, 3.8) is 0 Å². The van der Waals surface area contributed by atoms with Gasteiger partial charge in [-0.3, -0.25) is 14.5 Å². The van der Waals surface area contributed by atoms with Crippen LogP contribution in [0.1, 0.15) is 10.4 Å². The average Bonchev–Trinajstić information content (AvgIpc) is 2.93. The van der Waals surface area contributed by atoms with E-state index in [2.05, 4.69) is 22.3 Å². The van der Waals surface area contributed by atoms with Gasteiger partial charge in [-0.25, -0.2) is 0 Å². The molecular weight excluding hydrogens is 304 g/mol. The standard InChI is InChI=1S/C11H12N2O3S3/c14-10(7-17)8-1-3-9(4-2-8)13-19(15,16)11-12-5-6-18-11/h1-4,13,17H,5-7H2. The van der Waals surface area contributed by atoms with E-state index in [9.17, 15) is 13.2 Å². The van der Waals surface area contributed by atoms with Crippen LogP contribution < -0.4 is 4.72 Å². The number of aliphatic imine (C=N–C) groups is 1. The summed E-state index contributed by atoms with van der Waals surface area (Å²) in [6.07, 6.45) is 0. The van der Waals surface area contributed by atoms with Crippen LogP contribution in [0.2, 0.25) is 0 Å². The van der Waals surface area contributed by atoms with Crippen LogP contribution >= 0.6 is 24.4 Å². The predicted molar refractivity (Wildman–Crippen MR) is 81.9 cm³/mol. The molecule has 2 rings (SSSR count). The van der Waals surface area contributed by atoms with Gasteiger partial charge in [-0.15, -0.1) is 0 Å². The fraction of sp³-hybridized carbons (Fsp3) is 0.273. The summed E-state index contributed by atoms with van der Waals surface area (Å²) in [6, 6.07) is 6.24. The number of nitrogens with one attached hydrogen (secondary N) is 1. The van der Waals surface area contributed by atoms with E-state index in [0.29, 0.717) is 23.5 Å². The van der Waals surface area contributed by atoms with E-state index < -0.39 is 10.0 Å². The Bertz CT molecular complexity index is 609. The van der Waals surface area contributed by atoms with E-state index in [1.54, 1.807) is 24.3 Å². The number of carbonyl (C=O) groups excluding carboxylic acids is 1. The number of carbonyl (C=O) groups is 1. The van der Waals surface area contributed by atoms with E-state index in [4.69, 9.17) is 0 Å². The fourth-order valence-corrected chi connectivity index (χ4v) is 4.01. The number of hydrogen-bond donors (Lipinski definition) is 2. The highest BCUT2D eigenvalue weighted by atomic mass is 32.3. The van der Waals surface area contributed by atoms with Crippen LogP contribution in [-0.2, 0) is 10.0 Å². The van der Waals surface area contributed by atoms with Gasteiger partial charge in [-0.1, -0.05) is 11.8 Å². The Morgan fingerprint density at radius 1 is 1.37 bits per heavy atom. The first kappa shape index (κ1) is 14.4. The van der Waals surface area contributed by atoms with Gasteiger partial charge in [-0.05, 0) is 24.3 Å². The largest absolute Gasteiger partial charge is 0.293 e. The van der Waals surface area contributed by atoms with Crippen LogP contribution in [0.25, 0.3) is 0 Å². The van der Waals surface area contributed by atoms with Crippen molar-refractivity contribution in [3.8, 4) is 0 Å². The molecule has 1 aromatic carbocycles. The monoisotopic (exact) mass is 316 g/mol. The molecule has 1 heterocycles. The minimum atomic E-state index is -3.59. The highest BCUT2D eigenvalue weighted by molar-refractivity contribution is 8.36. The van der Waals surface area contributed by atoms with Crippen molar-refractivity contribution in [2.24, 2.45) is 4.99 Å². The highest BCUT2D eigenvalue weighted by Crippen LogP contribution is 2.20. The molecule has 19 heavy (non-hydrogen) atoms. The lowest BCUT2D eigenvalue weighted by Gasteiger charge is -2.07. The topological polar surface area (TPSA) is 75.6 Å². The molecule has 1 aliphatic rings. The molecule has 5 nitrogen and oxygen atoms in total. The lowest BCUT2D eigenvalue weighted by molar-refractivity contribution is 0.102. The van der Waals surface area contributed by atoms with E-state index >= 15 is 0 Å². The molecule has 0 fully saturated rings. The third-order valence-corrected chi connectivity index (χ3v) is 5.55. The van der Waals surface area contributed by atoms with Crippen molar-refractivity contribution in [2.75, 3.05) is 22.8 Å².